The molecule has 0 saturated carbocycles. The maximum atomic E-state index is 13.4. The fourth-order valence-corrected chi connectivity index (χ4v) is 5.11. The van der Waals surface area contributed by atoms with Crippen LogP contribution >= 0.6 is 0 Å². The molecule has 9 nitrogen and oxygen atoms in total. The summed E-state index contributed by atoms with van der Waals surface area (Å²) in [7, 11) is 1.62. The Labute approximate surface area is 238 Å². The van der Waals surface area contributed by atoms with Crippen molar-refractivity contribution in [1.29, 1.82) is 0 Å². The lowest BCUT2D eigenvalue weighted by Crippen LogP contribution is -2.53. The summed E-state index contributed by atoms with van der Waals surface area (Å²) in [4.78, 5) is 24.6. The molecular formula is C32H31N5O4. The summed E-state index contributed by atoms with van der Waals surface area (Å²) >= 11 is 0. The van der Waals surface area contributed by atoms with Gasteiger partial charge in [0.15, 0.2) is 11.5 Å². The minimum atomic E-state index is -0.213. The smallest absolute Gasteiger partial charge is 0.269 e. The van der Waals surface area contributed by atoms with Gasteiger partial charge in [0.25, 0.3) is 5.91 Å². The van der Waals surface area contributed by atoms with Crippen LogP contribution in [0.25, 0.3) is 21.7 Å². The van der Waals surface area contributed by atoms with Crippen molar-refractivity contribution in [2.45, 2.75) is 6.92 Å². The van der Waals surface area contributed by atoms with Crippen LogP contribution in [0.2, 0.25) is 0 Å². The predicted molar refractivity (Wildman–Crippen MR) is 159 cm³/mol. The zero-order chi connectivity index (χ0) is 28.2. The minimum Gasteiger partial charge on any atom is -0.493 e. The summed E-state index contributed by atoms with van der Waals surface area (Å²) in [6.45, 7) is 5.07. The Kier molecular flexibility index (Phi) is 7.51. The second kappa shape index (κ2) is 11.7. The zero-order valence-corrected chi connectivity index (χ0v) is 23.0. The van der Waals surface area contributed by atoms with Crippen molar-refractivity contribution < 1.29 is 19.0 Å². The maximum Gasteiger partial charge on any atom is 0.269 e. The van der Waals surface area contributed by atoms with Crippen molar-refractivity contribution >= 4 is 33.4 Å². The number of hydrogen-bond acceptors (Lipinski definition) is 8. The van der Waals surface area contributed by atoms with Crippen molar-refractivity contribution in [2.24, 2.45) is 0 Å². The molecule has 5 aromatic rings. The molecule has 0 atom stereocenters. The molecule has 1 amide bonds. The fourth-order valence-electron chi connectivity index (χ4n) is 5.11. The van der Waals surface area contributed by atoms with Crippen molar-refractivity contribution in [3.63, 3.8) is 0 Å². The first kappa shape index (κ1) is 26.3. The van der Waals surface area contributed by atoms with Crippen LogP contribution in [0.15, 0.2) is 85.2 Å². The number of amides is 1. The van der Waals surface area contributed by atoms with Crippen molar-refractivity contribution in [3.8, 4) is 23.0 Å². The first-order valence-electron chi connectivity index (χ1n) is 13.7. The molecule has 1 fully saturated rings. The van der Waals surface area contributed by atoms with E-state index < -0.39 is 0 Å². The number of hydrazine groups is 1. The first-order valence-corrected chi connectivity index (χ1v) is 13.7. The van der Waals surface area contributed by atoms with Gasteiger partial charge in [-0.2, -0.15) is 0 Å². The lowest BCUT2D eigenvalue weighted by atomic mass is 10.1. The summed E-state index contributed by atoms with van der Waals surface area (Å²) in [5.74, 6) is 3.13. The molecule has 0 radical (unpaired) electrons. The van der Waals surface area contributed by atoms with Gasteiger partial charge in [0.1, 0.15) is 23.6 Å². The highest BCUT2D eigenvalue weighted by Gasteiger charge is 2.23. The summed E-state index contributed by atoms with van der Waals surface area (Å²) in [6, 6.07) is 25.1. The minimum absolute atomic E-state index is 0.213. The van der Waals surface area contributed by atoms with Gasteiger partial charge in [-0.05, 0) is 36.6 Å². The van der Waals surface area contributed by atoms with E-state index in [0.29, 0.717) is 61.3 Å². The third-order valence-electron chi connectivity index (χ3n) is 7.14. The molecule has 0 aliphatic carbocycles. The number of anilines is 1. The van der Waals surface area contributed by atoms with Crippen molar-refractivity contribution in [2.75, 3.05) is 44.8 Å². The summed E-state index contributed by atoms with van der Waals surface area (Å²) in [5.41, 5.74) is 4.33. The number of piperazine rings is 1. The van der Waals surface area contributed by atoms with Gasteiger partial charge in [-0.3, -0.25) is 10.2 Å². The van der Waals surface area contributed by atoms with Crippen LogP contribution in [0, 0.1) is 0 Å². The number of nitrogens with one attached hydrogen (secondary N) is 1. The van der Waals surface area contributed by atoms with Crippen LogP contribution in [0.3, 0.4) is 0 Å². The molecule has 1 aromatic heterocycles. The molecule has 1 N–H and O–H groups in total. The number of para-hydroxylation sites is 1. The molecule has 1 aliphatic rings. The van der Waals surface area contributed by atoms with E-state index in [9.17, 15) is 4.79 Å². The van der Waals surface area contributed by atoms with E-state index in [1.807, 2.05) is 84.7 Å². The summed E-state index contributed by atoms with van der Waals surface area (Å²) in [5, 5.41) is 4.90. The number of hydrogen-bond donors (Lipinski definition) is 1. The number of ether oxygens (including phenoxy) is 3. The molecule has 1 saturated heterocycles. The van der Waals surface area contributed by atoms with Gasteiger partial charge in [0, 0.05) is 43.0 Å². The normalized spacial score (nSPS) is 13.8. The second-order valence-corrected chi connectivity index (χ2v) is 9.64. The molecule has 41 heavy (non-hydrogen) atoms. The molecule has 0 unspecified atom stereocenters. The Hall–Kier alpha value is -4.89. The van der Waals surface area contributed by atoms with Gasteiger partial charge in [0.2, 0.25) is 0 Å². The third kappa shape index (κ3) is 5.44. The molecule has 4 aromatic carbocycles. The van der Waals surface area contributed by atoms with Gasteiger partial charge < -0.3 is 19.1 Å². The molecule has 6 rings (SSSR count). The van der Waals surface area contributed by atoms with Crippen molar-refractivity contribution in [3.05, 3.63) is 90.8 Å². The van der Waals surface area contributed by atoms with Crippen LogP contribution in [0.4, 0.5) is 5.82 Å². The van der Waals surface area contributed by atoms with Crippen LogP contribution in [0.1, 0.15) is 17.3 Å². The summed E-state index contributed by atoms with van der Waals surface area (Å²) in [6.07, 6.45) is 1.57. The fraction of sp³-hybridized carbons (Fsp3) is 0.219. The van der Waals surface area contributed by atoms with E-state index >= 15 is 0 Å². The van der Waals surface area contributed by atoms with Gasteiger partial charge in [0.05, 0.1) is 24.8 Å². The van der Waals surface area contributed by atoms with Crippen LogP contribution in [0.5, 0.6) is 23.0 Å². The van der Waals surface area contributed by atoms with Gasteiger partial charge in [-0.25, -0.2) is 15.0 Å². The van der Waals surface area contributed by atoms with E-state index in [0.717, 1.165) is 27.5 Å². The van der Waals surface area contributed by atoms with E-state index in [1.54, 1.807) is 19.5 Å². The molecule has 9 heteroatoms. The Morgan fingerprint density at radius 1 is 0.829 bits per heavy atom. The van der Waals surface area contributed by atoms with E-state index in [1.165, 1.54) is 0 Å². The molecule has 0 bridgehead atoms. The topological polar surface area (TPSA) is 89.1 Å². The van der Waals surface area contributed by atoms with E-state index in [-0.39, 0.29) is 5.91 Å². The van der Waals surface area contributed by atoms with Crippen LogP contribution < -0.4 is 24.5 Å². The first-order chi connectivity index (χ1) is 20.1. The third-order valence-corrected chi connectivity index (χ3v) is 7.14. The quantitative estimate of drug-likeness (QED) is 0.273. The molecule has 208 valence electrons. The number of aromatic nitrogens is 2. The standard InChI is InChI=1S/C32H31N5O4/c1-3-40-30-20-26-25(19-29(30)39-2)31(34-21-33-26)36-15-17-37(18-16-36)35-32(38)24-12-6-7-13-28(24)41-27-14-8-10-22-9-4-5-11-23(22)27/h4-14,19-21H,3,15-18H2,1-2H3,(H,35,38). The van der Waals surface area contributed by atoms with Crippen molar-refractivity contribution in [1.82, 2.24) is 20.4 Å². The molecular weight excluding hydrogens is 518 g/mol. The number of rotatable bonds is 8. The monoisotopic (exact) mass is 549 g/mol. The van der Waals surface area contributed by atoms with Gasteiger partial charge in [-0.1, -0.05) is 48.5 Å². The lowest BCUT2D eigenvalue weighted by molar-refractivity contribution is 0.0775. The Bertz CT molecular complexity index is 1700. The number of methoxy groups -OCH3 is 1. The van der Waals surface area contributed by atoms with E-state index in [2.05, 4.69) is 20.3 Å². The second-order valence-electron chi connectivity index (χ2n) is 9.64. The lowest BCUT2D eigenvalue weighted by Gasteiger charge is -2.35. The SMILES string of the molecule is CCOc1cc2ncnc(N3CCN(NC(=O)c4ccccc4Oc4cccc5ccccc45)CC3)c2cc1OC. The van der Waals surface area contributed by atoms with Gasteiger partial charge in [-0.15, -0.1) is 0 Å². The molecule has 0 spiro atoms. The molecule has 2 heterocycles. The highest BCUT2D eigenvalue weighted by atomic mass is 16.5. The predicted octanol–water partition coefficient (Wildman–Crippen LogP) is 5.45. The Morgan fingerprint density at radius 3 is 2.41 bits per heavy atom. The number of carbonyl (C=O) groups excluding carboxylic acids is 1. The Balaban J connectivity index is 1.15. The highest BCUT2D eigenvalue weighted by molar-refractivity contribution is 5.97. The van der Waals surface area contributed by atoms with Crippen LogP contribution in [-0.2, 0) is 0 Å². The average Bonchev–Trinajstić information content (AvgIpc) is 3.01. The summed E-state index contributed by atoms with van der Waals surface area (Å²) < 4.78 is 17.5. The number of carbonyl (C=O) groups is 1. The average molecular weight is 550 g/mol. The largest absolute Gasteiger partial charge is 0.493 e. The number of fused-ring (bicyclic) bond motifs is 2. The Morgan fingerprint density at radius 2 is 1.59 bits per heavy atom. The number of nitrogens with zero attached hydrogens (tertiary/aromatic N) is 4. The molecule has 1 aliphatic heterocycles. The van der Waals surface area contributed by atoms with Gasteiger partial charge >= 0.3 is 0 Å². The zero-order valence-electron chi connectivity index (χ0n) is 23.0. The maximum absolute atomic E-state index is 13.4. The number of benzene rings is 4. The van der Waals surface area contributed by atoms with Crippen LogP contribution in [-0.4, -0.2) is 60.8 Å². The van der Waals surface area contributed by atoms with E-state index in [4.69, 9.17) is 14.2 Å². The highest BCUT2D eigenvalue weighted by Crippen LogP contribution is 2.35.